The Labute approximate surface area is 107 Å². The fraction of sp³-hybridized carbons (Fsp3) is 0.400. The van der Waals surface area contributed by atoms with Crippen LogP contribution in [-0.4, -0.2) is 32.2 Å². The Morgan fingerprint density at radius 1 is 1.24 bits per heavy atom. The smallest absolute Gasteiger partial charge is 0.142 e. The molecule has 90 valence electrons. The van der Waals surface area contributed by atoms with Crippen LogP contribution in [-0.2, 0) is 13.1 Å². The van der Waals surface area contributed by atoms with E-state index in [1.54, 1.807) is 12.4 Å². The minimum Gasteiger partial charge on any atom is -0.293 e. The number of nitrogens with zero attached hydrogens (tertiary/aromatic N) is 5. The Bertz CT molecular complexity index is 484. The highest BCUT2D eigenvalue weighted by atomic mass is 79.9. The molecule has 0 aliphatic carbocycles. The van der Waals surface area contributed by atoms with Gasteiger partial charge in [0.05, 0.1) is 11.0 Å². The Kier molecular flexibility index (Phi) is 3.80. The SMILES string of the molecule is Cc1nonc1CN(C)Cc1ncc(Br)cn1. The minimum absolute atomic E-state index is 0.652. The van der Waals surface area contributed by atoms with Crippen LogP contribution in [0, 0.1) is 6.92 Å². The van der Waals surface area contributed by atoms with Crippen molar-refractivity contribution in [3.8, 4) is 0 Å². The maximum absolute atomic E-state index is 4.65. The molecular weight excluding hydrogens is 286 g/mol. The fourth-order valence-corrected chi connectivity index (χ4v) is 1.57. The Morgan fingerprint density at radius 2 is 1.94 bits per heavy atom. The van der Waals surface area contributed by atoms with E-state index in [0.29, 0.717) is 13.1 Å². The van der Waals surface area contributed by atoms with E-state index in [-0.39, 0.29) is 0 Å². The van der Waals surface area contributed by atoms with Gasteiger partial charge in [-0.05, 0) is 29.9 Å². The van der Waals surface area contributed by atoms with Gasteiger partial charge in [-0.3, -0.25) is 4.90 Å². The molecule has 2 aromatic heterocycles. The summed E-state index contributed by atoms with van der Waals surface area (Å²) in [6, 6.07) is 0. The van der Waals surface area contributed by atoms with Gasteiger partial charge in [-0.25, -0.2) is 14.6 Å². The van der Waals surface area contributed by atoms with Gasteiger partial charge in [0.15, 0.2) is 0 Å². The van der Waals surface area contributed by atoms with Gasteiger partial charge in [-0.15, -0.1) is 0 Å². The Morgan fingerprint density at radius 3 is 2.53 bits per heavy atom. The van der Waals surface area contributed by atoms with Gasteiger partial charge in [0, 0.05) is 18.9 Å². The first kappa shape index (κ1) is 12.1. The zero-order chi connectivity index (χ0) is 12.3. The summed E-state index contributed by atoms with van der Waals surface area (Å²) in [5.74, 6) is 0.768. The van der Waals surface area contributed by atoms with Crippen molar-refractivity contribution >= 4 is 15.9 Å². The maximum Gasteiger partial charge on any atom is 0.142 e. The van der Waals surface area contributed by atoms with E-state index < -0.39 is 0 Å². The minimum atomic E-state index is 0.652. The van der Waals surface area contributed by atoms with E-state index in [9.17, 15) is 0 Å². The molecule has 2 rings (SSSR count). The summed E-state index contributed by atoms with van der Waals surface area (Å²) in [7, 11) is 1.97. The average Bonchev–Trinajstić information content (AvgIpc) is 2.68. The lowest BCUT2D eigenvalue weighted by Gasteiger charge is -2.13. The van der Waals surface area contributed by atoms with Crippen LogP contribution >= 0.6 is 15.9 Å². The lowest BCUT2D eigenvalue weighted by atomic mass is 10.3. The quantitative estimate of drug-likeness (QED) is 0.853. The molecular formula is C10H12BrN5O. The zero-order valence-electron chi connectivity index (χ0n) is 9.59. The van der Waals surface area contributed by atoms with Gasteiger partial charge in [-0.1, -0.05) is 10.3 Å². The van der Waals surface area contributed by atoms with E-state index in [0.717, 1.165) is 21.7 Å². The molecule has 0 atom stereocenters. The number of aryl methyl sites for hydroxylation is 1. The first-order valence-corrected chi connectivity index (χ1v) is 5.87. The summed E-state index contributed by atoms with van der Waals surface area (Å²) in [5, 5.41) is 7.57. The van der Waals surface area contributed by atoms with Crippen molar-refractivity contribution in [2.24, 2.45) is 0 Å². The molecule has 0 aliphatic rings. The van der Waals surface area contributed by atoms with Crippen molar-refractivity contribution in [2.45, 2.75) is 20.0 Å². The first-order valence-electron chi connectivity index (χ1n) is 5.08. The first-order chi connectivity index (χ1) is 8.15. The number of rotatable bonds is 4. The third kappa shape index (κ3) is 3.31. The molecule has 0 amide bonds. The predicted molar refractivity (Wildman–Crippen MR) is 63.9 cm³/mol. The van der Waals surface area contributed by atoms with Crippen molar-refractivity contribution in [1.82, 2.24) is 25.2 Å². The van der Waals surface area contributed by atoms with Crippen molar-refractivity contribution in [2.75, 3.05) is 7.05 Å². The van der Waals surface area contributed by atoms with Crippen molar-refractivity contribution in [1.29, 1.82) is 0 Å². The average molecular weight is 298 g/mol. The molecule has 2 heterocycles. The second-order valence-corrected chi connectivity index (χ2v) is 4.70. The summed E-state index contributed by atoms with van der Waals surface area (Å²) in [6.07, 6.45) is 3.47. The van der Waals surface area contributed by atoms with Crippen LogP contribution in [0.3, 0.4) is 0 Å². The standard InChI is InChI=1S/C10H12BrN5O/c1-7-9(15-17-14-7)5-16(2)6-10-12-3-8(11)4-13-10/h3-4H,5-6H2,1-2H3. The van der Waals surface area contributed by atoms with Gasteiger partial charge >= 0.3 is 0 Å². The fourth-order valence-electron chi connectivity index (χ4n) is 1.37. The Balaban J connectivity index is 1.95. The number of hydrogen-bond donors (Lipinski definition) is 0. The third-order valence-corrected chi connectivity index (χ3v) is 2.66. The molecule has 0 fully saturated rings. The highest BCUT2D eigenvalue weighted by Crippen LogP contribution is 2.08. The van der Waals surface area contributed by atoms with Crippen LogP contribution in [0.2, 0.25) is 0 Å². The van der Waals surface area contributed by atoms with Gasteiger partial charge in [0.1, 0.15) is 17.2 Å². The highest BCUT2D eigenvalue weighted by Gasteiger charge is 2.09. The lowest BCUT2D eigenvalue weighted by molar-refractivity contribution is 0.276. The van der Waals surface area contributed by atoms with Crippen LogP contribution in [0.5, 0.6) is 0 Å². The second-order valence-electron chi connectivity index (χ2n) is 3.79. The number of halogens is 1. The molecule has 0 aromatic carbocycles. The van der Waals surface area contributed by atoms with Gasteiger partial charge in [0.25, 0.3) is 0 Å². The second kappa shape index (κ2) is 5.33. The molecule has 0 radical (unpaired) electrons. The van der Waals surface area contributed by atoms with Crippen LogP contribution in [0.1, 0.15) is 17.2 Å². The topological polar surface area (TPSA) is 67.9 Å². The lowest BCUT2D eigenvalue weighted by Crippen LogP contribution is -2.19. The molecule has 2 aromatic rings. The monoisotopic (exact) mass is 297 g/mol. The maximum atomic E-state index is 4.65. The van der Waals surface area contributed by atoms with Crippen molar-refractivity contribution in [3.63, 3.8) is 0 Å². The van der Waals surface area contributed by atoms with E-state index in [1.165, 1.54) is 0 Å². The van der Waals surface area contributed by atoms with Crippen LogP contribution < -0.4 is 0 Å². The zero-order valence-corrected chi connectivity index (χ0v) is 11.2. The van der Waals surface area contributed by atoms with Crippen LogP contribution in [0.15, 0.2) is 21.5 Å². The molecule has 0 saturated heterocycles. The van der Waals surface area contributed by atoms with Gasteiger partial charge in [-0.2, -0.15) is 0 Å². The van der Waals surface area contributed by atoms with Crippen molar-refractivity contribution < 1.29 is 4.63 Å². The molecule has 0 spiro atoms. The normalized spacial score (nSPS) is 11.1. The molecule has 7 heteroatoms. The summed E-state index contributed by atoms with van der Waals surface area (Å²) < 4.78 is 5.52. The van der Waals surface area contributed by atoms with Crippen LogP contribution in [0.4, 0.5) is 0 Å². The van der Waals surface area contributed by atoms with E-state index >= 15 is 0 Å². The third-order valence-electron chi connectivity index (χ3n) is 2.25. The molecule has 0 bridgehead atoms. The van der Waals surface area contributed by atoms with E-state index in [1.807, 2.05) is 14.0 Å². The highest BCUT2D eigenvalue weighted by molar-refractivity contribution is 9.10. The summed E-state index contributed by atoms with van der Waals surface area (Å²) in [4.78, 5) is 10.5. The van der Waals surface area contributed by atoms with Crippen molar-refractivity contribution in [3.05, 3.63) is 34.1 Å². The Hall–Kier alpha value is -1.34. The largest absolute Gasteiger partial charge is 0.293 e. The van der Waals surface area contributed by atoms with E-state index in [4.69, 9.17) is 0 Å². The molecule has 0 saturated carbocycles. The molecule has 0 N–H and O–H groups in total. The van der Waals surface area contributed by atoms with Gasteiger partial charge in [0.2, 0.25) is 0 Å². The molecule has 0 aliphatic heterocycles. The predicted octanol–water partition coefficient (Wildman–Crippen LogP) is 1.56. The van der Waals surface area contributed by atoms with E-state index in [2.05, 4.69) is 45.7 Å². The summed E-state index contributed by atoms with van der Waals surface area (Å²) in [6.45, 7) is 3.18. The molecule has 0 unspecified atom stereocenters. The summed E-state index contributed by atoms with van der Waals surface area (Å²) in [5.41, 5.74) is 1.65. The number of hydrogen-bond acceptors (Lipinski definition) is 6. The number of aromatic nitrogens is 4. The van der Waals surface area contributed by atoms with Crippen LogP contribution in [0.25, 0.3) is 0 Å². The summed E-state index contributed by atoms with van der Waals surface area (Å²) >= 11 is 3.30. The van der Waals surface area contributed by atoms with Gasteiger partial charge < -0.3 is 0 Å². The molecule has 17 heavy (non-hydrogen) atoms. The molecule has 6 nitrogen and oxygen atoms in total.